The van der Waals surface area contributed by atoms with E-state index in [1.165, 1.54) is 19.3 Å². The van der Waals surface area contributed by atoms with Crippen LogP contribution in [0.2, 0.25) is 0 Å². The molecule has 4 nitrogen and oxygen atoms in total. The number of likely N-dealkylation sites (tertiary alicyclic amines) is 1. The summed E-state index contributed by atoms with van der Waals surface area (Å²) in [5.41, 5.74) is -0.264. The van der Waals surface area contributed by atoms with Crippen molar-refractivity contribution in [2.45, 2.75) is 51.2 Å². The molecule has 2 atom stereocenters. The maximum Gasteiger partial charge on any atom is 0.410 e. The van der Waals surface area contributed by atoms with Gasteiger partial charge in [0.25, 0.3) is 0 Å². The second-order valence-corrected chi connectivity index (χ2v) is 6.50. The highest BCUT2D eigenvalue weighted by atomic mass is 16.6. The van der Waals surface area contributed by atoms with Gasteiger partial charge in [-0.3, -0.25) is 0 Å². The van der Waals surface area contributed by atoms with Gasteiger partial charge in [0.15, 0.2) is 0 Å². The van der Waals surface area contributed by atoms with Gasteiger partial charge in [-0.1, -0.05) is 0 Å². The van der Waals surface area contributed by atoms with E-state index >= 15 is 0 Å². The van der Waals surface area contributed by atoms with Gasteiger partial charge in [0.2, 0.25) is 0 Å². The molecule has 1 amide bonds. The third-order valence-electron chi connectivity index (χ3n) is 3.86. The predicted molar refractivity (Wildman–Crippen MR) is 66.9 cm³/mol. The molecule has 98 valence electrons. The summed E-state index contributed by atoms with van der Waals surface area (Å²) >= 11 is 0. The van der Waals surface area contributed by atoms with Gasteiger partial charge >= 0.3 is 6.09 Å². The van der Waals surface area contributed by atoms with Crippen LogP contribution in [0.5, 0.6) is 0 Å². The highest BCUT2D eigenvalue weighted by Gasteiger charge is 2.45. The summed E-state index contributed by atoms with van der Waals surface area (Å²) in [6.07, 6.45) is 3.43. The van der Waals surface area contributed by atoms with E-state index in [-0.39, 0.29) is 11.6 Å². The highest BCUT2D eigenvalue weighted by Crippen LogP contribution is 2.39. The van der Waals surface area contributed by atoms with Crippen molar-refractivity contribution < 1.29 is 9.53 Å². The predicted octanol–water partition coefficient (Wildman–Crippen LogP) is 2.00. The standard InChI is InChI=1S/C13H24N2O2/c1-12(2,3)17-11(16)15-8-10-5-6-13(7-10,9-15)14-4/h10,14H,5-9H2,1-4H3. The summed E-state index contributed by atoms with van der Waals surface area (Å²) < 4.78 is 5.45. The number of hydrogen-bond acceptors (Lipinski definition) is 3. The van der Waals surface area contributed by atoms with Gasteiger partial charge < -0.3 is 15.0 Å². The van der Waals surface area contributed by atoms with Gasteiger partial charge in [-0.25, -0.2) is 4.79 Å². The highest BCUT2D eigenvalue weighted by molar-refractivity contribution is 5.68. The number of nitrogens with one attached hydrogen (secondary N) is 1. The number of carbonyl (C=O) groups is 1. The van der Waals surface area contributed by atoms with Crippen molar-refractivity contribution in [3.8, 4) is 0 Å². The third-order valence-corrected chi connectivity index (χ3v) is 3.86. The zero-order valence-electron chi connectivity index (χ0n) is 11.4. The molecule has 0 spiro atoms. The Morgan fingerprint density at radius 3 is 2.76 bits per heavy atom. The van der Waals surface area contributed by atoms with Crippen LogP contribution in [-0.2, 0) is 4.74 Å². The first-order valence-corrected chi connectivity index (χ1v) is 6.50. The molecule has 4 heteroatoms. The Balaban J connectivity index is 2.01. The van der Waals surface area contributed by atoms with E-state index in [0.717, 1.165) is 13.1 Å². The van der Waals surface area contributed by atoms with Crippen molar-refractivity contribution in [1.82, 2.24) is 10.2 Å². The third kappa shape index (κ3) is 2.73. The Kier molecular flexibility index (Phi) is 3.10. The average molecular weight is 240 g/mol. The van der Waals surface area contributed by atoms with Crippen LogP contribution in [-0.4, -0.2) is 42.3 Å². The topological polar surface area (TPSA) is 41.6 Å². The molecule has 2 rings (SSSR count). The number of likely N-dealkylation sites (N-methyl/N-ethyl adjacent to an activating group) is 1. The molecule has 0 aromatic heterocycles. The van der Waals surface area contributed by atoms with Gasteiger partial charge in [-0.2, -0.15) is 0 Å². The lowest BCUT2D eigenvalue weighted by Gasteiger charge is -2.40. The van der Waals surface area contributed by atoms with Crippen LogP contribution >= 0.6 is 0 Å². The van der Waals surface area contributed by atoms with Crippen molar-refractivity contribution >= 4 is 6.09 Å². The number of rotatable bonds is 1. The Labute approximate surface area is 104 Å². The number of fused-ring (bicyclic) bond motifs is 2. The number of nitrogens with zero attached hydrogens (tertiary/aromatic N) is 1. The van der Waals surface area contributed by atoms with Crippen molar-refractivity contribution in [3.63, 3.8) is 0 Å². The molecule has 2 unspecified atom stereocenters. The van der Waals surface area contributed by atoms with Crippen molar-refractivity contribution in [3.05, 3.63) is 0 Å². The Bertz CT molecular complexity index is 311. The molecule has 17 heavy (non-hydrogen) atoms. The first-order chi connectivity index (χ1) is 7.84. The summed E-state index contributed by atoms with van der Waals surface area (Å²) in [4.78, 5) is 13.9. The first-order valence-electron chi connectivity index (χ1n) is 6.50. The van der Waals surface area contributed by atoms with Gasteiger partial charge in [0.1, 0.15) is 5.60 Å². The fourth-order valence-electron chi connectivity index (χ4n) is 3.05. The molecule has 1 saturated carbocycles. The maximum atomic E-state index is 12.1. The molecule has 1 heterocycles. The van der Waals surface area contributed by atoms with E-state index in [1.54, 1.807) is 0 Å². The van der Waals surface area contributed by atoms with Crippen LogP contribution in [0.4, 0.5) is 4.79 Å². The van der Waals surface area contributed by atoms with Crippen molar-refractivity contribution in [1.29, 1.82) is 0 Å². The molecular weight excluding hydrogens is 216 g/mol. The molecule has 1 saturated heterocycles. The fraction of sp³-hybridized carbons (Fsp3) is 0.923. The van der Waals surface area contributed by atoms with Crippen molar-refractivity contribution in [2.24, 2.45) is 5.92 Å². The zero-order chi connectivity index (χ0) is 12.7. The summed E-state index contributed by atoms with van der Waals surface area (Å²) in [6.45, 7) is 7.39. The van der Waals surface area contributed by atoms with Crippen LogP contribution < -0.4 is 5.32 Å². The molecule has 0 aromatic carbocycles. The fourth-order valence-corrected chi connectivity index (χ4v) is 3.05. The zero-order valence-corrected chi connectivity index (χ0v) is 11.4. The van der Waals surface area contributed by atoms with Crippen LogP contribution in [0.15, 0.2) is 0 Å². The molecule has 0 radical (unpaired) electrons. The minimum Gasteiger partial charge on any atom is -0.444 e. The lowest BCUT2D eigenvalue weighted by Crippen LogP contribution is -2.56. The molecule has 1 aliphatic carbocycles. The molecule has 2 bridgehead atoms. The summed E-state index contributed by atoms with van der Waals surface area (Å²) in [6, 6.07) is 0. The van der Waals surface area contributed by atoms with Crippen molar-refractivity contribution in [2.75, 3.05) is 20.1 Å². The monoisotopic (exact) mass is 240 g/mol. The molecular formula is C13H24N2O2. The van der Waals surface area contributed by atoms with Gasteiger partial charge in [0.05, 0.1) is 0 Å². The largest absolute Gasteiger partial charge is 0.444 e. The summed E-state index contributed by atoms with van der Waals surface area (Å²) in [5.74, 6) is 0.642. The van der Waals surface area contributed by atoms with Gasteiger partial charge in [0, 0.05) is 18.6 Å². The second-order valence-electron chi connectivity index (χ2n) is 6.50. The summed E-state index contributed by atoms with van der Waals surface area (Å²) in [7, 11) is 2.00. The maximum absolute atomic E-state index is 12.1. The van der Waals surface area contributed by atoms with Gasteiger partial charge in [-0.15, -0.1) is 0 Å². The number of piperidine rings is 1. The molecule has 1 aliphatic heterocycles. The van der Waals surface area contributed by atoms with E-state index in [1.807, 2.05) is 32.7 Å². The van der Waals surface area contributed by atoms with Crippen LogP contribution in [0, 0.1) is 5.92 Å². The minimum absolute atomic E-state index is 0.139. The Morgan fingerprint density at radius 2 is 2.18 bits per heavy atom. The quantitative estimate of drug-likeness (QED) is 0.762. The molecule has 0 aromatic rings. The van der Waals surface area contributed by atoms with E-state index < -0.39 is 5.60 Å². The second kappa shape index (κ2) is 4.16. The van der Waals surface area contributed by atoms with E-state index in [4.69, 9.17) is 4.74 Å². The number of hydrogen-bond donors (Lipinski definition) is 1. The number of carbonyl (C=O) groups excluding carboxylic acids is 1. The average Bonchev–Trinajstić information content (AvgIpc) is 2.52. The normalized spacial score (nSPS) is 32.7. The summed E-state index contributed by atoms with van der Waals surface area (Å²) in [5, 5.41) is 3.41. The first kappa shape index (κ1) is 12.7. The van der Waals surface area contributed by atoms with E-state index in [9.17, 15) is 4.79 Å². The van der Waals surface area contributed by atoms with E-state index in [2.05, 4.69) is 5.32 Å². The minimum atomic E-state index is -0.402. The Hall–Kier alpha value is -0.770. The molecule has 1 N–H and O–H groups in total. The Morgan fingerprint density at radius 1 is 1.47 bits per heavy atom. The smallest absolute Gasteiger partial charge is 0.410 e. The van der Waals surface area contributed by atoms with Crippen LogP contribution in [0.3, 0.4) is 0 Å². The number of ether oxygens (including phenoxy) is 1. The van der Waals surface area contributed by atoms with Crippen LogP contribution in [0.1, 0.15) is 40.0 Å². The molecule has 2 aliphatic rings. The SMILES string of the molecule is CNC12CCC(CN(C(=O)OC(C)(C)C)C1)C2. The lowest BCUT2D eigenvalue weighted by molar-refractivity contribution is 0.0110. The number of amides is 1. The lowest BCUT2D eigenvalue weighted by atomic mass is 9.91. The van der Waals surface area contributed by atoms with Gasteiger partial charge in [-0.05, 0) is 53.0 Å². The molecule has 2 fully saturated rings. The van der Waals surface area contributed by atoms with E-state index in [0.29, 0.717) is 5.92 Å². The van der Waals surface area contributed by atoms with Crippen LogP contribution in [0.25, 0.3) is 0 Å².